The third-order valence-corrected chi connectivity index (χ3v) is 4.84. The predicted molar refractivity (Wildman–Crippen MR) is 98.0 cm³/mol. The average Bonchev–Trinajstić information content (AvgIpc) is 3.29. The molecule has 10 heteroatoms. The van der Waals surface area contributed by atoms with E-state index in [0.717, 1.165) is 0 Å². The van der Waals surface area contributed by atoms with Crippen molar-refractivity contribution in [2.75, 3.05) is 0 Å². The number of furan rings is 1. The molecule has 1 amide bonds. The van der Waals surface area contributed by atoms with Crippen molar-refractivity contribution < 1.29 is 14.1 Å². The fourth-order valence-electron chi connectivity index (χ4n) is 2.52. The Balaban J connectivity index is 1.82. The van der Waals surface area contributed by atoms with Gasteiger partial charge in [0.1, 0.15) is 11.6 Å². The molecule has 0 spiro atoms. The summed E-state index contributed by atoms with van der Waals surface area (Å²) in [6.07, 6.45) is 2.09. The average molecular weight is 387 g/mol. The summed E-state index contributed by atoms with van der Waals surface area (Å²) in [5.41, 5.74) is 5.89. The number of thioether (sulfide) groups is 1. The van der Waals surface area contributed by atoms with Crippen molar-refractivity contribution in [1.82, 2.24) is 14.8 Å². The maximum absolute atomic E-state index is 11.2. The summed E-state index contributed by atoms with van der Waals surface area (Å²) in [6, 6.07) is 10.2. The van der Waals surface area contributed by atoms with Gasteiger partial charge in [-0.15, -0.1) is 10.2 Å². The number of primary amides is 1. The highest BCUT2D eigenvalue weighted by atomic mass is 32.2. The van der Waals surface area contributed by atoms with Crippen LogP contribution in [0.4, 0.5) is 5.69 Å². The quantitative estimate of drug-likeness (QED) is 0.339. The van der Waals surface area contributed by atoms with Gasteiger partial charge in [0, 0.05) is 30.2 Å². The first-order chi connectivity index (χ1) is 13.0. The number of hydrogen-bond acceptors (Lipinski definition) is 7. The van der Waals surface area contributed by atoms with Crippen molar-refractivity contribution in [3.63, 3.8) is 0 Å². The Labute approximate surface area is 158 Å². The number of nitrogens with two attached hydrogens (primary N) is 1. The van der Waals surface area contributed by atoms with E-state index in [-0.39, 0.29) is 12.1 Å². The minimum Gasteiger partial charge on any atom is -0.467 e. The van der Waals surface area contributed by atoms with E-state index < -0.39 is 10.8 Å². The van der Waals surface area contributed by atoms with Crippen LogP contribution >= 0.6 is 11.8 Å². The van der Waals surface area contributed by atoms with Crippen LogP contribution in [0.3, 0.4) is 0 Å². The van der Waals surface area contributed by atoms with Gasteiger partial charge in [0.15, 0.2) is 5.16 Å². The van der Waals surface area contributed by atoms with Crippen LogP contribution in [0.25, 0.3) is 0 Å². The number of para-hydroxylation sites is 1. The summed E-state index contributed by atoms with van der Waals surface area (Å²) in [6.45, 7) is 0.396. The van der Waals surface area contributed by atoms with Crippen LogP contribution in [-0.2, 0) is 23.5 Å². The third kappa shape index (κ3) is 4.73. The zero-order valence-corrected chi connectivity index (χ0v) is 15.1. The smallest absolute Gasteiger partial charge is 0.273 e. The molecule has 9 nitrogen and oxygen atoms in total. The van der Waals surface area contributed by atoms with E-state index in [4.69, 9.17) is 10.2 Å². The van der Waals surface area contributed by atoms with Gasteiger partial charge in [-0.05, 0) is 12.1 Å². The number of aromatic nitrogens is 3. The van der Waals surface area contributed by atoms with Crippen molar-refractivity contribution in [3.8, 4) is 0 Å². The molecule has 0 saturated heterocycles. The molecular weight excluding hydrogens is 370 g/mol. The molecule has 0 aliphatic rings. The molecule has 2 aromatic heterocycles. The van der Waals surface area contributed by atoms with Crippen LogP contribution in [0.1, 0.15) is 23.6 Å². The van der Waals surface area contributed by atoms with Crippen molar-refractivity contribution in [2.24, 2.45) is 5.73 Å². The van der Waals surface area contributed by atoms with Gasteiger partial charge < -0.3 is 10.2 Å². The number of nitrogens with zero attached hydrogens (tertiary/aromatic N) is 4. The third-order valence-electron chi connectivity index (χ3n) is 3.83. The van der Waals surface area contributed by atoms with Crippen LogP contribution in [-0.4, -0.2) is 25.6 Å². The minimum absolute atomic E-state index is 0.0658. The van der Waals surface area contributed by atoms with Crippen LogP contribution in [0.2, 0.25) is 0 Å². The first-order valence-electron chi connectivity index (χ1n) is 8.12. The fraction of sp³-hybridized carbons (Fsp3) is 0.235. The Kier molecular flexibility index (Phi) is 5.87. The Morgan fingerprint density at radius 1 is 1.26 bits per heavy atom. The molecule has 2 N–H and O–H groups in total. The molecule has 0 bridgehead atoms. The Morgan fingerprint density at radius 2 is 2.07 bits per heavy atom. The second-order valence-electron chi connectivity index (χ2n) is 5.71. The van der Waals surface area contributed by atoms with Crippen LogP contribution in [0.5, 0.6) is 0 Å². The molecule has 140 valence electrons. The number of carbonyl (C=O) groups excluding carboxylic acids is 1. The lowest BCUT2D eigenvalue weighted by Crippen LogP contribution is -2.14. The first kappa shape index (κ1) is 18.6. The molecule has 3 rings (SSSR count). The van der Waals surface area contributed by atoms with Gasteiger partial charge >= 0.3 is 0 Å². The van der Waals surface area contributed by atoms with E-state index in [9.17, 15) is 14.9 Å². The first-order valence-corrected chi connectivity index (χ1v) is 9.11. The van der Waals surface area contributed by atoms with E-state index >= 15 is 0 Å². The molecule has 0 aliphatic carbocycles. The molecule has 3 aromatic rings. The van der Waals surface area contributed by atoms with Gasteiger partial charge in [-0.1, -0.05) is 30.0 Å². The number of carbonyl (C=O) groups is 1. The number of benzene rings is 1. The van der Waals surface area contributed by atoms with E-state index in [0.29, 0.717) is 41.0 Å². The number of hydrogen-bond donors (Lipinski definition) is 1. The number of nitro groups is 1. The lowest BCUT2D eigenvalue weighted by Gasteiger charge is -2.08. The van der Waals surface area contributed by atoms with Gasteiger partial charge in [0.2, 0.25) is 5.91 Å². The maximum atomic E-state index is 11.2. The van der Waals surface area contributed by atoms with Gasteiger partial charge in [0.25, 0.3) is 5.69 Å². The molecular formula is C17H17N5O4S. The van der Waals surface area contributed by atoms with Crippen LogP contribution in [0, 0.1) is 10.1 Å². The van der Waals surface area contributed by atoms with Crippen LogP contribution < -0.4 is 5.73 Å². The molecule has 0 unspecified atom stereocenters. The van der Waals surface area contributed by atoms with Crippen molar-refractivity contribution >= 4 is 23.4 Å². The highest BCUT2D eigenvalue weighted by molar-refractivity contribution is 7.98. The number of aryl methyl sites for hydroxylation is 1. The molecule has 0 aliphatic heterocycles. The molecule has 0 saturated carbocycles. The highest BCUT2D eigenvalue weighted by Gasteiger charge is 2.17. The van der Waals surface area contributed by atoms with E-state index in [1.807, 2.05) is 10.6 Å². The number of amides is 1. The summed E-state index contributed by atoms with van der Waals surface area (Å²) in [7, 11) is 0. The highest BCUT2D eigenvalue weighted by Crippen LogP contribution is 2.28. The Morgan fingerprint density at radius 3 is 2.78 bits per heavy atom. The van der Waals surface area contributed by atoms with Crippen molar-refractivity contribution in [1.29, 1.82) is 0 Å². The molecule has 0 radical (unpaired) electrons. The second-order valence-corrected chi connectivity index (χ2v) is 6.65. The van der Waals surface area contributed by atoms with E-state index in [1.165, 1.54) is 17.8 Å². The lowest BCUT2D eigenvalue weighted by atomic mass is 10.2. The Bertz CT molecular complexity index is 939. The largest absolute Gasteiger partial charge is 0.467 e. The Hall–Kier alpha value is -3.14. The number of rotatable bonds is 9. The summed E-state index contributed by atoms with van der Waals surface area (Å²) in [4.78, 5) is 21.9. The second kappa shape index (κ2) is 8.49. The molecule has 0 atom stereocenters. The summed E-state index contributed by atoms with van der Waals surface area (Å²) >= 11 is 1.34. The summed E-state index contributed by atoms with van der Waals surface area (Å²) < 4.78 is 7.22. The van der Waals surface area contributed by atoms with Crippen molar-refractivity contribution in [3.05, 3.63) is 69.9 Å². The van der Waals surface area contributed by atoms with Gasteiger partial charge in [-0.2, -0.15) is 0 Å². The molecule has 1 aromatic carbocycles. The predicted octanol–water partition coefficient (Wildman–Crippen LogP) is 2.54. The van der Waals surface area contributed by atoms with Crippen LogP contribution in [0.15, 0.2) is 52.2 Å². The minimum atomic E-state index is -0.420. The molecule has 27 heavy (non-hydrogen) atoms. The normalized spacial score (nSPS) is 10.8. The standard InChI is InChI=1S/C17H17N5O4S/c18-15(23)7-8-16-19-20-17(21(16)10-13-5-3-9-26-13)27-11-12-4-1-2-6-14(12)22(24)25/h1-6,9H,7-8,10-11H2,(H2,18,23). The molecule has 2 heterocycles. The maximum Gasteiger partial charge on any atom is 0.273 e. The van der Waals surface area contributed by atoms with Gasteiger partial charge in [-0.25, -0.2) is 0 Å². The summed E-state index contributed by atoms with van der Waals surface area (Å²) in [5.74, 6) is 1.26. The number of nitro benzene ring substituents is 1. The summed E-state index contributed by atoms with van der Waals surface area (Å²) in [5, 5.41) is 20.1. The zero-order valence-electron chi connectivity index (χ0n) is 14.3. The zero-order chi connectivity index (χ0) is 19.2. The van der Waals surface area contributed by atoms with Gasteiger partial charge in [0.05, 0.1) is 17.7 Å². The molecule has 0 fully saturated rings. The monoisotopic (exact) mass is 387 g/mol. The fourth-order valence-corrected chi connectivity index (χ4v) is 3.47. The van der Waals surface area contributed by atoms with Crippen molar-refractivity contribution in [2.45, 2.75) is 30.3 Å². The van der Waals surface area contributed by atoms with E-state index in [1.54, 1.807) is 30.5 Å². The topological polar surface area (TPSA) is 130 Å². The lowest BCUT2D eigenvalue weighted by molar-refractivity contribution is -0.385. The SMILES string of the molecule is NC(=O)CCc1nnc(SCc2ccccc2[N+](=O)[O-])n1Cc1ccco1. The van der Waals surface area contributed by atoms with Gasteiger partial charge in [-0.3, -0.25) is 19.5 Å². The van der Waals surface area contributed by atoms with E-state index in [2.05, 4.69) is 10.2 Å².